The zero-order chi connectivity index (χ0) is 23.2. The maximum Gasteiger partial charge on any atom is 0.164 e. The van der Waals surface area contributed by atoms with Crippen LogP contribution in [0.25, 0.3) is 22.4 Å². The summed E-state index contributed by atoms with van der Waals surface area (Å²) in [4.78, 5) is 19.5. The van der Waals surface area contributed by atoms with E-state index in [9.17, 15) is 4.39 Å². The minimum absolute atomic E-state index is 0.287. The molecule has 2 aliphatic rings. The highest BCUT2D eigenvalue weighted by Gasteiger charge is 2.29. The summed E-state index contributed by atoms with van der Waals surface area (Å²) in [5.41, 5.74) is 4.17. The van der Waals surface area contributed by atoms with Gasteiger partial charge in [0.15, 0.2) is 5.82 Å². The molecule has 0 radical (unpaired) electrons. The number of aromatic amines is 1. The number of H-pyrrole nitrogens is 1. The van der Waals surface area contributed by atoms with Crippen LogP contribution in [-0.4, -0.2) is 45.6 Å². The second-order valence-electron chi connectivity index (χ2n) is 9.02. The number of fused-ring (bicyclic) bond motifs is 1. The monoisotopic (exact) mass is 477 g/mol. The quantitative estimate of drug-likeness (QED) is 0.365. The molecule has 3 aromatic heterocycles. The second kappa shape index (κ2) is 8.52. The van der Waals surface area contributed by atoms with E-state index in [1.165, 1.54) is 12.1 Å². The molecule has 0 spiro atoms. The lowest BCUT2D eigenvalue weighted by molar-refractivity contribution is 0.502. The van der Waals surface area contributed by atoms with Gasteiger partial charge in [-0.05, 0) is 49.9 Å². The second-order valence-corrected chi connectivity index (χ2v) is 9.46. The summed E-state index contributed by atoms with van der Waals surface area (Å²) >= 11 is 6.13. The van der Waals surface area contributed by atoms with E-state index in [1.807, 2.05) is 18.5 Å². The Bertz CT molecular complexity index is 1370. The zero-order valence-corrected chi connectivity index (χ0v) is 19.5. The number of hydrogen-bond acceptors (Lipinski definition) is 6. The predicted octanol–water partition coefficient (Wildman–Crippen LogP) is 5.23. The molecule has 0 bridgehead atoms. The third-order valence-corrected chi connectivity index (χ3v) is 6.86. The van der Waals surface area contributed by atoms with Gasteiger partial charge < -0.3 is 20.5 Å². The molecule has 34 heavy (non-hydrogen) atoms. The van der Waals surface area contributed by atoms with Crippen LogP contribution < -0.4 is 15.5 Å². The summed E-state index contributed by atoms with van der Waals surface area (Å²) in [7, 11) is 0. The average Bonchev–Trinajstić information content (AvgIpc) is 3.60. The third kappa shape index (κ3) is 3.86. The average molecular weight is 478 g/mol. The number of piperazine rings is 1. The maximum absolute atomic E-state index is 14.6. The van der Waals surface area contributed by atoms with Crippen LogP contribution in [-0.2, 0) is 0 Å². The minimum atomic E-state index is -0.401. The molecule has 1 unspecified atom stereocenters. The van der Waals surface area contributed by atoms with Crippen LogP contribution in [0.5, 0.6) is 0 Å². The highest BCUT2D eigenvalue weighted by atomic mass is 35.5. The number of hydrogen-bond donors (Lipinski definition) is 3. The molecule has 4 heterocycles. The Balaban J connectivity index is 1.44. The Hall–Kier alpha value is -3.23. The van der Waals surface area contributed by atoms with Crippen molar-refractivity contribution in [2.75, 3.05) is 29.9 Å². The first-order chi connectivity index (χ1) is 16.6. The van der Waals surface area contributed by atoms with Crippen molar-refractivity contribution in [2.24, 2.45) is 0 Å². The lowest BCUT2D eigenvalue weighted by Crippen LogP contribution is -2.49. The molecule has 0 amide bonds. The van der Waals surface area contributed by atoms with Crippen molar-refractivity contribution in [1.82, 2.24) is 25.3 Å². The van der Waals surface area contributed by atoms with E-state index in [2.05, 4.69) is 37.4 Å². The Morgan fingerprint density at radius 1 is 1.21 bits per heavy atom. The SMILES string of the molecule is CC1CNCCN1c1c[nH]c2nccc(Nc3nc(-c4cc(Cl)ccc4F)ncc3C3CC3)c12. The van der Waals surface area contributed by atoms with Crippen LogP contribution >= 0.6 is 11.6 Å². The molecule has 3 N–H and O–H groups in total. The molecule has 1 aromatic carbocycles. The standard InChI is InChI=1S/C25H25ClFN7/c1-14-11-28-8-9-34(14)21-13-31-25-22(21)20(6-7-29-25)32-24-18(15-2-3-15)12-30-23(33-24)17-10-16(26)4-5-19(17)27/h4-7,10,12-15,28H,2-3,8-9,11H2,1H3,(H2,29,30,31,32,33). The molecular formula is C25H25ClFN7. The van der Waals surface area contributed by atoms with Gasteiger partial charge in [-0.2, -0.15) is 0 Å². The zero-order valence-electron chi connectivity index (χ0n) is 18.8. The van der Waals surface area contributed by atoms with Gasteiger partial charge in [0.25, 0.3) is 0 Å². The van der Waals surface area contributed by atoms with E-state index in [1.54, 1.807) is 12.3 Å². The van der Waals surface area contributed by atoms with Crippen molar-refractivity contribution < 1.29 is 4.39 Å². The van der Waals surface area contributed by atoms with Crippen molar-refractivity contribution in [1.29, 1.82) is 0 Å². The summed E-state index contributed by atoms with van der Waals surface area (Å²) in [6, 6.07) is 6.75. The largest absolute Gasteiger partial charge is 0.364 e. The number of nitrogens with one attached hydrogen (secondary N) is 3. The molecule has 2 fully saturated rings. The Labute approximate surface area is 201 Å². The van der Waals surface area contributed by atoms with Gasteiger partial charge in [0.1, 0.15) is 17.3 Å². The summed E-state index contributed by atoms with van der Waals surface area (Å²) in [6.07, 6.45) is 7.82. The Morgan fingerprint density at radius 3 is 2.91 bits per heavy atom. The molecule has 174 valence electrons. The third-order valence-electron chi connectivity index (χ3n) is 6.62. The van der Waals surface area contributed by atoms with Gasteiger partial charge in [-0.15, -0.1) is 0 Å². The normalized spacial score (nSPS) is 18.4. The molecule has 1 aliphatic carbocycles. The fourth-order valence-electron chi connectivity index (χ4n) is 4.68. The topological polar surface area (TPSA) is 81.8 Å². The number of aromatic nitrogens is 4. The summed E-state index contributed by atoms with van der Waals surface area (Å²) in [6.45, 7) is 5.01. The summed E-state index contributed by atoms with van der Waals surface area (Å²) < 4.78 is 14.6. The number of halogens is 2. The number of anilines is 3. The van der Waals surface area contributed by atoms with Crippen molar-refractivity contribution in [3.63, 3.8) is 0 Å². The Kier molecular flexibility index (Phi) is 5.34. The van der Waals surface area contributed by atoms with E-state index in [4.69, 9.17) is 16.6 Å². The van der Waals surface area contributed by atoms with Crippen LogP contribution in [0.4, 0.5) is 21.6 Å². The molecule has 9 heteroatoms. The predicted molar refractivity (Wildman–Crippen MR) is 133 cm³/mol. The van der Waals surface area contributed by atoms with Gasteiger partial charge >= 0.3 is 0 Å². The fraction of sp³-hybridized carbons (Fsp3) is 0.320. The van der Waals surface area contributed by atoms with Crippen molar-refractivity contribution in [3.8, 4) is 11.4 Å². The van der Waals surface area contributed by atoms with E-state index < -0.39 is 5.82 Å². The Morgan fingerprint density at radius 2 is 2.09 bits per heavy atom. The number of pyridine rings is 1. The number of nitrogens with zero attached hydrogens (tertiary/aromatic N) is 4. The van der Waals surface area contributed by atoms with E-state index in [0.717, 1.165) is 60.4 Å². The van der Waals surface area contributed by atoms with Gasteiger partial charge in [0.2, 0.25) is 0 Å². The van der Waals surface area contributed by atoms with E-state index in [0.29, 0.717) is 28.6 Å². The molecule has 4 aromatic rings. The van der Waals surface area contributed by atoms with Crippen LogP contribution in [0.15, 0.2) is 42.9 Å². The van der Waals surface area contributed by atoms with Crippen LogP contribution in [0.3, 0.4) is 0 Å². The van der Waals surface area contributed by atoms with Gasteiger partial charge in [-0.3, -0.25) is 0 Å². The first-order valence-corrected chi connectivity index (χ1v) is 12.0. The molecular weight excluding hydrogens is 453 g/mol. The van der Waals surface area contributed by atoms with Crippen molar-refractivity contribution in [2.45, 2.75) is 31.7 Å². The first-order valence-electron chi connectivity index (χ1n) is 11.6. The van der Waals surface area contributed by atoms with E-state index >= 15 is 0 Å². The molecule has 6 rings (SSSR count). The minimum Gasteiger partial charge on any atom is -0.364 e. The van der Waals surface area contributed by atoms with Crippen LogP contribution in [0, 0.1) is 5.82 Å². The molecule has 1 saturated carbocycles. The van der Waals surface area contributed by atoms with Crippen molar-refractivity contribution in [3.05, 3.63) is 59.3 Å². The maximum atomic E-state index is 14.6. The van der Waals surface area contributed by atoms with Gasteiger partial charge in [0.05, 0.1) is 22.3 Å². The van der Waals surface area contributed by atoms with Crippen molar-refractivity contribution >= 4 is 39.8 Å². The first kappa shape index (κ1) is 21.3. The highest BCUT2D eigenvalue weighted by Crippen LogP contribution is 2.44. The summed E-state index contributed by atoms with van der Waals surface area (Å²) in [5, 5.41) is 8.46. The van der Waals surface area contributed by atoms with Gasteiger partial charge in [-0.25, -0.2) is 19.3 Å². The molecule has 1 aliphatic heterocycles. The van der Waals surface area contributed by atoms with Gasteiger partial charge in [0, 0.05) is 54.9 Å². The fourth-order valence-corrected chi connectivity index (χ4v) is 4.85. The van der Waals surface area contributed by atoms with Crippen LogP contribution in [0.2, 0.25) is 5.02 Å². The summed E-state index contributed by atoms with van der Waals surface area (Å²) in [5.74, 6) is 1.01. The van der Waals surface area contributed by atoms with Crippen LogP contribution in [0.1, 0.15) is 31.2 Å². The van der Waals surface area contributed by atoms with E-state index in [-0.39, 0.29) is 5.56 Å². The molecule has 1 saturated heterocycles. The number of rotatable bonds is 5. The molecule has 7 nitrogen and oxygen atoms in total. The lowest BCUT2D eigenvalue weighted by atomic mass is 10.1. The smallest absolute Gasteiger partial charge is 0.164 e. The highest BCUT2D eigenvalue weighted by molar-refractivity contribution is 6.30. The van der Waals surface area contributed by atoms with Gasteiger partial charge in [-0.1, -0.05) is 11.6 Å². The molecule has 1 atom stereocenters. The lowest BCUT2D eigenvalue weighted by Gasteiger charge is -2.35. The number of benzene rings is 1.